The van der Waals surface area contributed by atoms with Crippen LogP contribution >= 0.6 is 12.4 Å². The first kappa shape index (κ1) is 14.8. The topological polar surface area (TPSA) is 49.3 Å². The van der Waals surface area contributed by atoms with Crippen LogP contribution in [0, 0.1) is 5.92 Å². The van der Waals surface area contributed by atoms with E-state index < -0.39 is 5.97 Å². The van der Waals surface area contributed by atoms with Crippen molar-refractivity contribution in [3.63, 3.8) is 0 Å². The van der Waals surface area contributed by atoms with E-state index in [1.165, 1.54) is 16.3 Å². The van der Waals surface area contributed by atoms with Gasteiger partial charge in [0.05, 0.1) is 0 Å². The number of aliphatic carboxylic acids is 1. The lowest BCUT2D eigenvalue weighted by Crippen LogP contribution is -2.29. The summed E-state index contributed by atoms with van der Waals surface area (Å²) in [6, 6.07) is 14.3. The third-order valence-corrected chi connectivity index (χ3v) is 3.91. The van der Waals surface area contributed by atoms with Gasteiger partial charge in [-0.05, 0) is 41.6 Å². The molecule has 0 radical (unpaired) electrons. The fourth-order valence-corrected chi connectivity index (χ4v) is 2.93. The van der Waals surface area contributed by atoms with Crippen molar-refractivity contribution in [2.24, 2.45) is 5.92 Å². The molecule has 0 amide bonds. The highest BCUT2D eigenvalue weighted by molar-refractivity contribution is 5.86. The maximum absolute atomic E-state index is 10.9. The number of rotatable bonds is 3. The summed E-state index contributed by atoms with van der Waals surface area (Å²) < 4.78 is 0. The van der Waals surface area contributed by atoms with E-state index >= 15 is 0 Å². The van der Waals surface area contributed by atoms with E-state index in [2.05, 4.69) is 41.7 Å². The summed E-state index contributed by atoms with van der Waals surface area (Å²) in [4.78, 5) is 10.9. The van der Waals surface area contributed by atoms with Gasteiger partial charge in [-0.2, -0.15) is 0 Å². The van der Waals surface area contributed by atoms with Crippen molar-refractivity contribution in [3.05, 3.63) is 48.0 Å². The van der Waals surface area contributed by atoms with Gasteiger partial charge in [0, 0.05) is 0 Å². The zero-order chi connectivity index (χ0) is 13.2. The minimum Gasteiger partial charge on any atom is -0.480 e. The van der Waals surface area contributed by atoms with Crippen LogP contribution in [0.4, 0.5) is 0 Å². The predicted octanol–water partition coefficient (Wildman–Crippen LogP) is 2.87. The highest BCUT2D eigenvalue weighted by Crippen LogP contribution is 2.25. The van der Waals surface area contributed by atoms with Gasteiger partial charge in [-0.1, -0.05) is 42.5 Å². The van der Waals surface area contributed by atoms with Crippen molar-refractivity contribution in [1.82, 2.24) is 5.32 Å². The van der Waals surface area contributed by atoms with E-state index in [0.717, 1.165) is 19.4 Å². The summed E-state index contributed by atoms with van der Waals surface area (Å²) in [5.41, 5.74) is 1.32. The number of carbonyl (C=O) groups is 1. The molecule has 0 unspecified atom stereocenters. The summed E-state index contributed by atoms with van der Waals surface area (Å²) in [5.74, 6) is -0.327. The highest BCUT2D eigenvalue weighted by Gasteiger charge is 2.29. The molecule has 1 saturated heterocycles. The van der Waals surface area contributed by atoms with Crippen molar-refractivity contribution in [1.29, 1.82) is 0 Å². The second kappa shape index (κ2) is 6.25. The minimum absolute atomic E-state index is 0. The molecule has 0 spiro atoms. The average molecular weight is 292 g/mol. The first-order chi connectivity index (χ1) is 9.24. The van der Waals surface area contributed by atoms with Gasteiger partial charge in [0.25, 0.3) is 0 Å². The lowest BCUT2D eigenvalue weighted by molar-refractivity contribution is -0.139. The fourth-order valence-electron chi connectivity index (χ4n) is 2.93. The molecule has 3 rings (SSSR count). The number of fused-ring (bicyclic) bond motifs is 1. The maximum atomic E-state index is 10.9. The summed E-state index contributed by atoms with van der Waals surface area (Å²) in [6.45, 7) is 0.792. The lowest BCUT2D eigenvalue weighted by Gasteiger charge is -2.11. The SMILES string of the molecule is Cl.O=C(O)[C@@H]1C[C@@H](Cc2cccc3ccccc23)CN1. The third-order valence-electron chi connectivity index (χ3n) is 3.91. The standard InChI is InChI=1S/C16H17NO2.ClH/c18-16(19)15-9-11(10-17-15)8-13-6-3-5-12-4-1-2-7-14(12)13;/h1-7,11,15,17H,8-10H2,(H,18,19);1H/t11-,15+;/m1./s1. The molecule has 2 N–H and O–H groups in total. The van der Waals surface area contributed by atoms with Gasteiger partial charge in [0.15, 0.2) is 0 Å². The van der Waals surface area contributed by atoms with E-state index in [0.29, 0.717) is 5.92 Å². The number of nitrogens with one attached hydrogen (secondary N) is 1. The number of hydrogen-bond donors (Lipinski definition) is 2. The van der Waals surface area contributed by atoms with E-state index in [1.54, 1.807) is 0 Å². The molecule has 0 saturated carbocycles. The second-order valence-corrected chi connectivity index (χ2v) is 5.24. The van der Waals surface area contributed by atoms with Crippen LogP contribution in [0.1, 0.15) is 12.0 Å². The van der Waals surface area contributed by atoms with Crippen molar-refractivity contribution in [2.45, 2.75) is 18.9 Å². The van der Waals surface area contributed by atoms with Crippen molar-refractivity contribution >= 4 is 29.1 Å². The number of halogens is 1. The van der Waals surface area contributed by atoms with Gasteiger partial charge in [-0.15, -0.1) is 12.4 Å². The Labute approximate surface area is 124 Å². The van der Waals surface area contributed by atoms with Gasteiger partial charge in [-0.25, -0.2) is 0 Å². The van der Waals surface area contributed by atoms with Crippen LogP contribution in [-0.2, 0) is 11.2 Å². The molecule has 1 aliphatic heterocycles. The highest BCUT2D eigenvalue weighted by atomic mass is 35.5. The monoisotopic (exact) mass is 291 g/mol. The maximum Gasteiger partial charge on any atom is 0.320 e. The Morgan fingerprint density at radius 2 is 1.95 bits per heavy atom. The summed E-state index contributed by atoms with van der Waals surface area (Å²) in [6.07, 6.45) is 1.66. The summed E-state index contributed by atoms with van der Waals surface area (Å²) in [7, 11) is 0. The van der Waals surface area contributed by atoms with Gasteiger partial charge in [-0.3, -0.25) is 4.79 Å². The van der Waals surface area contributed by atoms with Crippen LogP contribution in [0.25, 0.3) is 10.8 Å². The molecule has 20 heavy (non-hydrogen) atoms. The Kier molecular flexibility index (Phi) is 4.63. The first-order valence-corrected chi connectivity index (χ1v) is 6.67. The third kappa shape index (κ3) is 2.94. The molecule has 2 atom stereocenters. The molecular formula is C16H18ClNO2. The molecule has 1 aliphatic rings. The Morgan fingerprint density at radius 1 is 1.20 bits per heavy atom. The molecule has 0 aliphatic carbocycles. The van der Waals surface area contributed by atoms with Crippen LogP contribution in [0.5, 0.6) is 0 Å². The summed E-state index contributed by atoms with van der Waals surface area (Å²) in [5, 5.41) is 14.6. The van der Waals surface area contributed by atoms with Crippen LogP contribution in [-0.4, -0.2) is 23.7 Å². The Bertz CT molecular complexity index is 609. The van der Waals surface area contributed by atoms with Gasteiger partial charge in [0.2, 0.25) is 0 Å². The average Bonchev–Trinajstić information content (AvgIpc) is 2.88. The van der Waals surface area contributed by atoms with Crippen molar-refractivity contribution in [2.75, 3.05) is 6.54 Å². The molecule has 2 aromatic carbocycles. The van der Waals surface area contributed by atoms with Gasteiger partial charge < -0.3 is 10.4 Å². The molecule has 3 nitrogen and oxygen atoms in total. The molecule has 4 heteroatoms. The number of carboxylic acid groups (broad SMARTS) is 1. The number of carboxylic acids is 1. The lowest BCUT2D eigenvalue weighted by atomic mass is 9.93. The van der Waals surface area contributed by atoms with E-state index in [4.69, 9.17) is 5.11 Å². The fraction of sp³-hybridized carbons (Fsp3) is 0.312. The molecular weight excluding hydrogens is 274 g/mol. The normalized spacial score (nSPS) is 21.6. The van der Waals surface area contributed by atoms with Crippen molar-refractivity contribution in [3.8, 4) is 0 Å². The first-order valence-electron chi connectivity index (χ1n) is 6.67. The quantitative estimate of drug-likeness (QED) is 0.914. The zero-order valence-corrected chi connectivity index (χ0v) is 11.9. The van der Waals surface area contributed by atoms with E-state index in [-0.39, 0.29) is 18.4 Å². The summed E-state index contributed by atoms with van der Waals surface area (Å²) >= 11 is 0. The van der Waals surface area contributed by atoms with E-state index in [1.807, 2.05) is 6.07 Å². The molecule has 0 aromatic heterocycles. The molecule has 2 aromatic rings. The predicted molar refractivity (Wildman–Crippen MR) is 82.4 cm³/mol. The van der Waals surface area contributed by atoms with Crippen LogP contribution < -0.4 is 5.32 Å². The zero-order valence-electron chi connectivity index (χ0n) is 11.1. The molecule has 1 heterocycles. The molecule has 1 fully saturated rings. The largest absolute Gasteiger partial charge is 0.480 e. The van der Waals surface area contributed by atoms with Crippen LogP contribution in [0.15, 0.2) is 42.5 Å². The smallest absolute Gasteiger partial charge is 0.320 e. The Hall–Kier alpha value is -1.58. The molecule has 0 bridgehead atoms. The van der Waals surface area contributed by atoms with E-state index in [9.17, 15) is 4.79 Å². The minimum atomic E-state index is -0.736. The van der Waals surface area contributed by atoms with Gasteiger partial charge >= 0.3 is 5.97 Å². The number of benzene rings is 2. The van der Waals surface area contributed by atoms with Gasteiger partial charge in [0.1, 0.15) is 6.04 Å². The number of hydrogen-bond acceptors (Lipinski definition) is 2. The van der Waals surface area contributed by atoms with Crippen LogP contribution in [0.2, 0.25) is 0 Å². The van der Waals surface area contributed by atoms with Crippen molar-refractivity contribution < 1.29 is 9.90 Å². The molecule has 106 valence electrons. The Balaban J connectivity index is 0.00000147. The second-order valence-electron chi connectivity index (χ2n) is 5.24. The van der Waals surface area contributed by atoms with Crippen LogP contribution in [0.3, 0.4) is 0 Å². The Morgan fingerprint density at radius 3 is 2.70 bits per heavy atom.